The SMILES string of the molecule is C=NN(C)/C=C/C(C=NC)=C(N)\C=C/C. The maximum Gasteiger partial charge on any atom is 0.0400 e. The van der Waals surface area contributed by atoms with Crippen molar-refractivity contribution in [3.8, 4) is 0 Å². The standard InChI is InChI=1S/C11H18N4/c1-5-6-11(12)10(9-13-2)7-8-15(4)14-3/h5-9H,3,12H2,1-2,4H3/b6-5-,8-7+,11-10-,13-9?. The number of allylic oxidation sites excluding steroid dienone is 4. The quantitative estimate of drug-likeness (QED) is 0.421. The van der Waals surface area contributed by atoms with Crippen LogP contribution in [0.15, 0.2) is 45.8 Å². The Balaban J connectivity index is 4.90. The van der Waals surface area contributed by atoms with Gasteiger partial charge in [0.15, 0.2) is 0 Å². The zero-order valence-corrected chi connectivity index (χ0v) is 9.51. The molecular formula is C11H18N4. The lowest BCUT2D eigenvalue weighted by molar-refractivity contribution is 0.495. The minimum absolute atomic E-state index is 0.664. The Kier molecular flexibility index (Phi) is 6.63. The van der Waals surface area contributed by atoms with E-state index < -0.39 is 0 Å². The van der Waals surface area contributed by atoms with Gasteiger partial charge in [-0.3, -0.25) is 10.0 Å². The molecule has 0 saturated carbocycles. The van der Waals surface area contributed by atoms with Crippen molar-refractivity contribution in [3.63, 3.8) is 0 Å². The van der Waals surface area contributed by atoms with E-state index >= 15 is 0 Å². The van der Waals surface area contributed by atoms with Gasteiger partial charge in [0, 0.05) is 44.5 Å². The molecule has 0 bridgehead atoms. The summed E-state index contributed by atoms with van der Waals surface area (Å²) in [5, 5.41) is 5.29. The van der Waals surface area contributed by atoms with E-state index in [0.717, 1.165) is 5.57 Å². The highest BCUT2D eigenvalue weighted by molar-refractivity contribution is 5.83. The molecule has 0 radical (unpaired) electrons. The van der Waals surface area contributed by atoms with Crippen LogP contribution in [-0.4, -0.2) is 32.0 Å². The summed E-state index contributed by atoms with van der Waals surface area (Å²) in [6.07, 6.45) is 8.99. The van der Waals surface area contributed by atoms with Crippen molar-refractivity contribution in [3.05, 3.63) is 35.7 Å². The second-order valence-electron chi connectivity index (χ2n) is 2.83. The van der Waals surface area contributed by atoms with Gasteiger partial charge in [-0.05, 0) is 19.1 Å². The highest BCUT2D eigenvalue weighted by atomic mass is 15.4. The molecule has 0 aliphatic rings. The topological polar surface area (TPSA) is 54.0 Å². The molecule has 15 heavy (non-hydrogen) atoms. The zero-order chi connectivity index (χ0) is 11.7. The van der Waals surface area contributed by atoms with Gasteiger partial charge in [-0.15, -0.1) is 0 Å². The van der Waals surface area contributed by atoms with E-state index in [9.17, 15) is 0 Å². The summed E-state index contributed by atoms with van der Waals surface area (Å²) in [4.78, 5) is 3.93. The Morgan fingerprint density at radius 3 is 2.53 bits per heavy atom. The zero-order valence-electron chi connectivity index (χ0n) is 9.51. The lowest BCUT2D eigenvalue weighted by Crippen LogP contribution is -2.02. The molecule has 0 heterocycles. The smallest absolute Gasteiger partial charge is 0.0400 e. The van der Waals surface area contributed by atoms with Crippen molar-refractivity contribution in [1.29, 1.82) is 0 Å². The van der Waals surface area contributed by atoms with Crippen LogP contribution < -0.4 is 5.73 Å². The van der Waals surface area contributed by atoms with Gasteiger partial charge in [0.05, 0.1) is 0 Å². The largest absolute Gasteiger partial charge is 0.398 e. The van der Waals surface area contributed by atoms with Gasteiger partial charge in [-0.2, -0.15) is 5.10 Å². The molecule has 0 saturated heterocycles. The lowest BCUT2D eigenvalue weighted by Gasteiger charge is -2.04. The van der Waals surface area contributed by atoms with E-state index in [1.54, 1.807) is 31.5 Å². The molecule has 82 valence electrons. The highest BCUT2D eigenvalue weighted by Gasteiger charge is 1.93. The number of hydrazone groups is 1. The van der Waals surface area contributed by atoms with Crippen LogP contribution >= 0.6 is 0 Å². The van der Waals surface area contributed by atoms with Crippen LogP contribution in [0.4, 0.5) is 0 Å². The summed E-state index contributed by atoms with van der Waals surface area (Å²) in [7, 11) is 3.49. The molecule has 0 unspecified atom stereocenters. The van der Waals surface area contributed by atoms with Crippen molar-refractivity contribution in [1.82, 2.24) is 5.01 Å². The Hall–Kier alpha value is -1.84. The van der Waals surface area contributed by atoms with Gasteiger partial charge in [-0.1, -0.05) is 6.08 Å². The predicted octanol–water partition coefficient (Wildman–Crippen LogP) is 1.54. The van der Waals surface area contributed by atoms with Gasteiger partial charge in [0.2, 0.25) is 0 Å². The summed E-state index contributed by atoms with van der Waals surface area (Å²) in [5.41, 5.74) is 7.33. The first-order valence-electron chi connectivity index (χ1n) is 4.58. The maximum absolute atomic E-state index is 5.83. The lowest BCUT2D eigenvalue weighted by atomic mass is 10.2. The van der Waals surface area contributed by atoms with Crippen molar-refractivity contribution in [2.45, 2.75) is 6.92 Å². The summed E-state index contributed by atoms with van der Waals surface area (Å²) in [5.74, 6) is 0. The summed E-state index contributed by atoms with van der Waals surface area (Å²) in [6.45, 7) is 5.31. The molecule has 0 rings (SSSR count). The van der Waals surface area contributed by atoms with Gasteiger partial charge < -0.3 is 5.73 Å². The van der Waals surface area contributed by atoms with Crippen LogP contribution in [0.2, 0.25) is 0 Å². The molecule has 0 aliphatic carbocycles. The average Bonchev–Trinajstić information content (AvgIpc) is 2.23. The van der Waals surface area contributed by atoms with Crippen LogP contribution in [0, 0.1) is 0 Å². The number of aliphatic imine (C=N–C) groups is 1. The number of hydrogen-bond acceptors (Lipinski definition) is 4. The third-order valence-corrected chi connectivity index (χ3v) is 1.64. The van der Waals surface area contributed by atoms with E-state index in [1.807, 2.05) is 25.2 Å². The van der Waals surface area contributed by atoms with Gasteiger partial charge >= 0.3 is 0 Å². The monoisotopic (exact) mass is 206 g/mol. The van der Waals surface area contributed by atoms with Crippen molar-refractivity contribution >= 4 is 12.9 Å². The Bertz CT molecular complexity index is 311. The third kappa shape index (κ3) is 5.46. The number of rotatable bonds is 5. The molecule has 0 aliphatic heterocycles. The van der Waals surface area contributed by atoms with Crippen molar-refractivity contribution < 1.29 is 0 Å². The molecule has 0 aromatic carbocycles. The van der Waals surface area contributed by atoms with Crippen molar-refractivity contribution in [2.75, 3.05) is 14.1 Å². The first-order chi connectivity index (χ1) is 7.15. The second kappa shape index (κ2) is 7.55. The van der Waals surface area contributed by atoms with Gasteiger partial charge in [0.1, 0.15) is 0 Å². The minimum atomic E-state index is 0.664. The first-order valence-corrected chi connectivity index (χ1v) is 4.58. The maximum atomic E-state index is 5.83. The third-order valence-electron chi connectivity index (χ3n) is 1.64. The normalized spacial score (nSPS) is 13.8. The molecular weight excluding hydrogens is 188 g/mol. The number of hydrogen-bond donors (Lipinski definition) is 1. The van der Waals surface area contributed by atoms with Crippen LogP contribution in [0.25, 0.3) is 0 Å². The van der Waals surface area contributed by atoms with Gasteiger partial charge in [-0.25, -0.2) is 0 Å². The van der Waals surface area contributed by atoms with Crippen LogP contribution in [0.1, 0.15) is 6.92 Å². The molecule has 4 nitrogen and oxygen atoms in total. The molecule has 0 spiro atoms. The number of nitrogens with two attached hydrogens (primary N) is 1. The average molecular weight is 206 g/mol. The van der Waals surface area contributed by atoms with Crippen LogP contribution in [0.5, 0.6) is 0 Å². The van der Waals surface area contributed by atoms with E-state index in [4.69, 9.17) is 5.73 Å². The molecule has 4 heteroatoms. The van der Waals surface area contributed by atoms with Crippen LogP contribution in [-0.2, 0) is 0 Å². The fraction of sp³-hybridized carbons (Fsp3) is 0.273. The first kappa shape index (κ1) is 13.2. The second-order valence-corrected chi connectivity index (χ2v) is 2.83. The fourth-order valence-electron chi connectivity index (χ4n) is 0.864. The molecule has 2 N–H and O–H groups in total. The minimum Gasteiger partial charge on any atom is -0.398 e. The Labute approximate surface area is 91.2 Å². The molecule has 0 aromatic rings. The highest BCUT2D eigenvalue weighted by Crippen LogP contribution is 2.01. The molecule has 0 atom stereocenters. The summed E-state index contributed by atoms with van der Waals surface area (Å²) < 4.78 is 0. The van der Waals surface area contributed by atoms with Gasteiger partial charge in [0.25, 0.3) is 0 Å². The molecule has 0 fully saturated rings. The summed E-state index contributed by atoms with van der Waals surface area (Å²) >= 11 is 0. The van der Waals surface area contributed by atoms with Crippen molar-refractivity contribution in [2.24, 2.45) is 15.8 Å². The number of nitrogens with zero attached hydrogens (tertiary/aromatic N) is 3. The van der Waals surface area contributed by atoms with E-state index in [-0.39, 0.29) is 0 Å². The van der Waals surface area contributed by atoms with E-state index in [0.29, 0.717) is 5.70 Å². The molecule has 0 aromatic heterocycles. The predicted molar refractivity (Wildman–Crippen MR) is 66.9 cm³/mol. The van der Waals surface area contributed by atoms with Crippen LogP contribution in [0.3, 0.4) is 0 Å². The van der Waals surface area contributed by atoms with E-state index in [1.165, 1.54) is 0 Å². The van der Waals surface area contributed by atoms with E-state index in [2.05, 4.69) is 16.8 Å². The Morgan fingerprint density at radius 1 is 1.40 bits per heavy atom. The fourth-order valence-corrected chi connectivity index (χ4v) is 0.864. The molecule has 0 amide bonds. The summed E-state index contributed by atoms with van der Waals surface area (Å²) in [6, 6.07) is 0. The Morgan fingerprint density at radius 2 is 2.07 bits per heavy atom.